The van der Waals surface area contributed by atoms with Crippen molar-refractivity contribution >= 4 is 11.9 Å². The molecule has 3 N–H and O–H groups in total. The molecule has 0 aromatic heterocycles. The first-order valence-corrected chi connectivity index (χ1v) is 34.0. The Hall–Kier alpha value is -1.40. The Morgan fingerprint density at radius 1 is 0.365 bits per heavy atom. The second-order valence-electron chi connectivity index (χ2n) is 23.5. The second kappa shape index (κ2) is 64.1. The monoisotopic (exact) mass is 1040 g/mol. The molecule has 0 fully saturated rings. The molecule has 0 spiro atoms. The first kappa shape index (κ1) is 72.6. The Labute approximate surface area is 463 Å². The molecule has 0 rings (SSSR count). The van der Waals surface area contributed by atoms with Crippen LogP contribution in [0, 0.1) is 0 Å². The average molecular weight is 1040 g/mol. The third-order valence-electron chi connectivity index (χ3n) is 16.1. The third kappa shape index (κ3) is 59.8. The predicted octanol–water partition coefficient (Wildman–Crippen LogP) is 21.6. The molecule has 6 nitrogen and oxygen atoms in total. The SMILES string of the molecule is CCCCCCCCCCCCCCCCCCCCCC/C=C/C(O)C(CO)NC(=O)CCCCCCCCCCCCCCCCCCCCCCCCCOC(=O)CCCCCCCCCCCCCC. The van der Waals surface area contributed by atoms with E-state index in [1.54, 1.807) is 6.08 Å². The van der Waals surface area contributed by atoms with Crippen molar-refractivity contribution < 1.29 is 24.5 Å². The lowest BCUT2D eigenvalue weighted by Gasteiger charge is -2.20. The molecule has 6 heteroatoms. The first-order chi connectivity index (χ1) is 36.5. The molecule has 0 heterocycles. The van der Waals surface area contributed by atoms with Crippen molar-refractivity contribution in [1.82, 2.24) is 5.32 Å². The van der Waals surface area contributed by atoms with Gasteiger partial charge in [0.2, 0.25) is 5.91 Å². The van der Waals surface area contributed by atoms with Crippen LogP contribution in [0.25, 0.3) is 0 Å². The van der Waals surface area contributed by atoms with Crippen LogP contribution in [-0.2, 0) is 14.3 Å². The Morgan fingerprint density at radius 2 is 0.622 bits per heavy atom. The van der Waals surface area contributed by atoms with Crippen LogP contribution in [0.2, 0.25) is 0 Å². The van der Waals surface area contributed by atoms with E-state index >= 15 is 0 Å². The summed E-state index contributed by atoms with van der Waals surface area (Å²) in [4.78, 5) is 24.5. The smallest absolute Gasteiger partial charge is 0.305 e. The highest BCUT2D eigenvalue weighted by atomic mass is 16.5. The number of esters is 1. The van der Waals surface area contributed by atoms with Gasteiger partial charge in [-0.25, -0.2) is 0 Å². The van der Waals surface area contributed by atoms with Crippen LogP contribution in [0.15, 0.2) is 12.2 Å². The zero-order chi connectivity index (χ0) is 53.6. The summed E-state index contributed by atoms with van der Waals surface area (Å²) < 4.78 is 5.48. The summed E-state index contributed by atoms with van der Waals surface area (Å²) in [6.45, 7) is 4.94. The van der Waals surface area contributed by atoms with Crippen molar-refractivity contribution in [1.29, 1.82) is 0 Å². The first-order valence-electron chi connectivity index (χ1n) is 34.0. The number of allylic oxidation sites excluding steroid dienone is 1. The number of aliphatic hydroxyl groups excluding tert-OH is 2. The molecule has 2 atom stereocenters. The Bertz CT molecular complexity index is 1110. The summed E-state index contributed by atoms with van der Waals surface area (Å²) in [5.74, 6) is -0.0473. The number of nitrogens with one attached hydrogen (secondary N) is 1. The minimum atomic E-state index is -0.844. The van der Waals surface area contributed by atoms with Gasteiger partial charge in [-0.1, -0.05) is 353 Å². The number of aliphatic hydroxyl groups is 2. The quantitative estimate of drug-likeness (QED) is 0.0320. The van der Waals surface area contributed by atoms with E-state index in [0.717, 1.165) is 38.5 Å². The molecule has 0 bridgehead atoms. The zero-order valence-corrected chi connectivity index (χ0v) is 50.4. The fourth-order valence-electron chi connectivity index (χ4n) is 10.9. The van der Waals surface area contributed by atoms with E-state index in [1.165, 1.54) is 321 Å². The van der Waals surface area contributed by atoms with Crippen molar-refractivity contribution in [2.75, 3.05) is 13.2 Å². The lowest BCUT2D eigenvalue weighted by Crippen LogP contribution is -2.45. The number of unbranched alkanes of at least 4 members (excludes halogenated alkanes) is 53. The lowest BCUT2D eigenvalue weighted by molar-refractivity contribution is -0.143. The van der Waals surface area contributed by atoms with Crippen LogP contribution in [0.3, 0.4) is 0 Å². The number of amides is 1. The Morgan fingerprint density at radius 3 is 0.919 bits per heavy atom. The predicted molar refractivity (Wildman–Crippen MR) is 324 cm³/mol. The van der Waals surface area contributed by atoms with Crippen LogP contribution in [0.5, 0.6) is 0 Å². The van der Waals surface area contributed by atoms with E-state index in [4.69, 9.17) is 4.74 Å². The summed E-state index contributed by atoms with van der Waals surface area (Å²) in [5.41, 5.74) is 0. The van der Waals surface area contributed by atoms with Gasteiger partial charge in [0.25, 0.3) is 0 Å². The van der Waals surface area contributed by atoms with Gasteiger partial charge in [-0.05, 0) is 32.1 Å². The van der Waals surface area contributed by atoms with E-state index in [0.29, 0.717) is 19.4 Å². The van der Waals surface area contributed by atoms with Crippen LogP contribution < -0.4 is 5.32 Å². The number of carbonyl (C=O) groups excluding carboxylic acids is 2. The van der Waals surface area contributed by atoms with Crippen LogP contribution in [0.4, 0.5) is 0 Å². The molecule has 0 aliphatic carbocycles. The van der Waals surface area contributed by atoms with Gasteiger partial charge in [0.15, 0.2) is 0 Å². The molecule has 0 aromatic rings. The van der Waals surface area contributed by atoms with E-state index in [9.17, 15) is 19.8 Å². The van der Waals surface area contributed by atoms with E-state index < -0.39 is 12.1 Å². The van der Waals surface area contributed by atoms with E-state index in [-0.39, 0.29) is 18.5 Å². The number of ether oxygens (including phenoxy) is 1. The van der Waals surface area contributed by atoms with Gasteiger partial charge in [0.1, 0.15) is 0 Å². The second-order valence-corrected chi connectivity index (χ2v) is 23.5. The number of rotatable bonds is 64. The van der Waals surface area contributed by atoms with Crippen LogP contribution in [0.1, 0.15) is 386 Å². The lowest BCUT2D eigenvalue weighted by atomic mass is 10.0. The minimum absolute atomic E-state index is 0.0155. The minimum Gasteiger partial charge on any atom is -0.466 e. The molecule has 0 aromatic carbocycles. The van der Waals surface area contributed by atoms with Crippen LogP contribution in [-0.4, -0.2) is 47.4 Å². The maximum Gasteiger partial charge on any atom is 0.305 e. The van der Waals surface area contributed by atoms with Crippen molar-refractivity contribution in [3.05, 3.63) is 12.2 Å². The van der Waals surface area contributed by atoms with Crippen LogP contribution >= 0.6 is 0 Å². The highest BCUT2D eigenvalue weighted by molar-refractivity contribution is 5.76. The number of hydrogen-bond donors (Lipinski definition) is 3. The van der Waals surface area contributed by atoms with E-state index in [2.05, 4.69) is 19.2 Å². The molecule has 1 amide bonds. The molecule has 440 valence electrons. The summed E-state index contributed by atoms with van der Waals surface area (Å²) in [7, 11) is 0. The van der Waals surface area contributed by atoms with Crippen molar-refractivity contribution in [2.45, 2.75) is 398 Å². The van der Waals surface area contributed by atoms with Crippen molar-refractivity contribution in [3.63, 3.8) is 0 Å². The Kier molecular flexibility index (Phi) is 62.9. The molecule has 0 aliphatic heterocycles. The van der Waals surface area contributed by atoms with Gasteiger partial charge >= 0.3 is 5.97 Å². The molecule has 0 saturated carbocycles. The normalized spacial score (nSPS) is 12.5. The summed E-state index contributed by atoms with van der Waals surface area (Å²) in [6.07, 6.45) is 78.5. The molecule has 0 aliphatic rings. The van der Waals surface area contributed by atoms with Crippen molar-refractivity contribution in [3.8, 4) is 0 Å². The largest absolute Gasteiger partial charge is 0.466 e. The standard InChI is InChI=1S/C68H133NO5/c1-3-5-7-9-11-13-15-17-18-19-20-21-25-28-31-34-37-40-44-48-52-56-60-66(71)65(64-70)69-67(72)61-57-53-49-45-41-38-35-32-29-26-23-22-24-27-30-33-36-39-43-47-51-55-59-63-74-68(73)62-58-54-50-46-42-16-14-12-10-8-6-4-2/h56,60,65-66,70-71H,3-55,57-59,61-64H2,1-2H3,(H,69,72)/b60-56+. The summed E-state index contributed by atoms with van der Waals surface area (Å²) >= 11 is 0. The molecular weight excluding hydrogens is 911 g/mol. The van der Waals surface area contributed by atoms with Gasteiger partial charge in [0.05, 0.1) is 25.4 Å². The average Bonchev–Trinajstić information content (AvgIpc) is 3.40. The van der Waals surface area contributed by atoms with E-state index in [1.807, 2.05) is 6.08 Å². The topological polar surface area (TPSA) is 95.9 Å². The van der Waals surface area contributed by atoms with Gasteiger partial charge < -0.3 is 20.3 Å². The molecule has 74 heavy (non-hydrogen) atoms. The fourth-order valence-corrected chi connectivity index (χ4v) is 10.9. The molecule has 0 saturated heterocycles. The third-order valence-corrected chi connectivity index (χ3v) is 16.1. The number of carbonyl (C=O) groups is 2. The number of hydrogen-bond acceptors (Lipinski definition) is 5. The molecule has 0 radical (unpaired) electrons. The maximum absolute atomic E-state index is 12.5. The van der Waals surface area contributed by atoms with Gasteiger partial charge in [-0.2, -0.15) is 0 Å². The van der Waals surface area contributed by atoms with Crippen molar-refractivity contribution in [2.24, 2.45) is 0 Å². The van der Waals surface area contributed by atoms with Gasteiger partial charge in [0, 0.05) is 12.8 Å². The summed E-state index contributed by atoms with van der Waals surface area (Å²) in [6, 6.07) is -0.628. The highest BCUT2D eigenvalue weighted by Gasteiger charge is 2.18. The zero-order valence-electron chi connectivity index (χ0n) is 50.4. The summed E-state index contributed by atoms with van der Waals surface area (Å²) in [5, 5.41) is 23.2. The maximum atomic E-state index is 12.5. The molecular formula is C68H133NO5. The fraction of sp³-hybridized carbons (Fsp3) is 0.941. The highest BCUT2D eigenvalue weighted by Crippen LogP contribution is 2.19. The molecule has 2 unspecified atom stereocenters. The van der Waals surface area contributed by atoms with Gasteiger partial charge in [-0.3, -0.25) is 9.59 Å². The van der Waals surface area contributed by atoms with Gasteiger partial charge in [-0.15, -0.1) is 0 Å². The Balaban J connectivity index is 3.40.